The van der Waals surface area contributed by atoms with Gasteiger partial charge in [-0.05, 0) is 49.1 Å². The number of benzene rings is 2. The normalized spacial score (nSPS) is 14.4. The average Bonchev–Trinajstić information content (AvgIpc) is 3.55. The molecule has 6 rings (SSSR count). The predicted molar refractivity (Wildman–Crippen MR) is 140 cm³/mol. The lowest BCUT2D eigenvalue weighted by atomic mass is 10.0. The minimum Gasteiger partial charge on any atom is -0.337 e. The van der Waals surface area contributed by atoms with E-state index in [1.807, 2.05) is 59.6 Å². The Morgan fingerprint density at radius 1 is 1.00 bits per heavy atom. The topological polar surface area (TPSA) is 79.7 Å². The fraction of sp³-hybridized carbons (Fsp3) is 0.241. The number of H-pyrrole nitrogens is 1. The van der Waals surface area contributed by atoms with Gasteiger partial charge in [-0.25, -0.2) is 9.97 Å². The van der Waals surface area contributed by atoms with Gasteiger partial charge in [0, 0.05) is 37.3 Å². The third-order valence-electron chi connectivity index (χ3n) is 7.13. The number of aromatic amines is 1. The number of amides is 1. The lowest BCUT2D eigenvalue weighted by molar-refractivity contribution is 0.0689. The first-order valence-electron chi connectivity index (χ1n) is 12.4. The molecule has 3 aromatic heterocycles. The van der Waals surface area contributed by atoms with Crippen molar-refractivity contribution in [3.05, 3.63) is 102 Å². The van der Waals surface area contributed by atoms with Crippen LogP contribution in [-0.2, 0) is 6.42 Å². The second-order valence-electron chi connectivity index (χ2n) is 9.40. The highest BCUT2D eigenvalue weighted by atomic mass is 16.2. The molecule has 180 valence electrons. The molecule has 1 amide bonds. The predicted octanol–water partition coefficient (Wildman–Crippen LogP) is 5.20. The summed E-state index contributed by atoms with van der Waals surface area (Å²) in [6.07, 6.45) is 4.31. The maximum atomic E-state index is 13.2. The maximum Gasteiger partial charge on any atom is 0.271 e. The monoisotopic (exact) mass is 476 g/mol. The Kier molecular flexibility index (Phi) is 5.81. The Labute approximate surface area is 209 Å². The quantitative estimate of drug-likeness (QED) is 0.378. The number of hydrogen-bond donors (Lipinski definition) is 1. The summed E-state index contributed by atoms with van der Waals surface area (Å²) in [5.41, 5.74) is 6.69. The van der Waals surface area contributed by atoms with Crippen LogP contribution in [0.2, 0.25) is 0 Å². The SMILES string of the molecule is Cc1ccccc1Cc1nc2cccnc2n1C1CCN(C(=O)c2cc(-c3ccccc3)n[nH]2)CC1. The zero-order valence-corrected chi connectivity index (χ0v) is 20.3. The van der Waals surface area contributed by atoms with Gasteiger partial charge in [0.15, 0.2) is 5.65 Å². The molecule has 0 bridgehead atoms. The van der Waals surface area contributed by atoms with Gasteiger partial charge in [0.1, 0.15) is 17.0 Å². The average molecular weight is 477 g/mol. The number of imidazole rings is 1. The summed E-state index contributed by atoms with van der Waals surface area (Å²) in [5, 5.41) is 7.30. The van der Waals surface area contributed by atoms with Crippen LogP contribution in [0.1, 0.15) is 46.3 Å². The fourth-order valence-corrected chi connectivity index (χ4v) is 5.15. The number of carbonyl (C=O) groups excluding carboxylic acids is 1. The van der Waals surface area contributed by atoms with Gasteiger partial charge in [-0.15, -0.1) is 0 Å². The van der Waals surface area contributed by atoms with E-state index in [1.165, 1.54) is 11.1 Å². The standard InChI is InChI=1S/C29H28N6O/c1-20-8-5-6-11-22(20)18-27-31-24-12-7-15-30-28(24)35(27)23-13-16-34(17-14-23)29(36)26-19-25(32-33-26)21-9-3-2-4-10-21/h2-12,15,19,23H,13-14,16-18H2,1H3,(H,32,33). The van der Waals surface area contributed by atoms with Crippen molar-refractivity contribution in [1.82, 2.24) is 29.6 Å². The van der Waals surface area contributed by atoms with Crippen molar-refractivity contribution in [2.45, 2.75) is 32.2 Å². The van der Waals surface area contributed by atoms with Crippen LogP contribution in [0.5, 0.6) is 0 Å². The van der Waals surface area contributed by atoms with Gasteiger partial charge < -0.3 is 9.47 Å². The van der Waals surface area contributed by atoms with Gasteiger partial charge >= 0.3 is 0 Å². The molecule has 7 nitrogen and oxygen atoms in total. The Morgan fingerprint density at radius 2 is 1.78 bits per heavy atom. The first-order chi connectivity index (χ1) is 17.7. The van der Waals surface area contributed by atoms with Crippen molar-refractivity contribution in [2.75, 3.05) is 13.1 Å². The number of aromatic nitrogens is 5. The van der Waals surface area contributed by atoms with Crippen LogP contribution >= 0.6 is 0 Å². The zero-order chi connectivity index (χ0) is 24.5. The minimum atomic E-state index is -0.00289. The van der Waals surface area contributed by atoms with Gasteiger partial charge in [0.2, 0.25) is 0 Å². The molecule has 36 heavy (non-hydrogen) atoms. The largest absolute Gasteiger partial charge is 0.337 e. The Morgan fingerprint density at radius 3 is 2.58 bits per heavy atom. The number of rotatable bonds is 5. The number of carbonyl (C=O) groups is 1. The summed E-state index contributed by atoms with van der Waals surface area (Å²) in [5.74, 6) is 1.03. The summed E-state index contributed by atoms with van der Waals surface area (Å²) in [7, 11) is 0. The number of pyridine rings is 1. The molecule has 0 spiro atoms. The second-order valence-corrected chi connectivity index (χ2v) is 9.40. The van der Waals surface area contributed by atoms with Crippen LogP contribution in [0.3, 0.4) is 0 Å². The number of nitrogens with zero attached hydrogens (tertiary/aromatic N) is 5. The molecule has 1 saturated heterocycles. The second kappa shape index (κ2) is 9.41. The summed E-state index contributed by atoms with van der Waals surface area (Å²) in [4.78, 5) is 24.8. The molecule has 4 heterocycles. The van der Waals surface area contributed by atoms with Crippen molar-refractivity contribution < 1.29 is 4.79 Å². The highest BCUT2D eigenvalue weighted by Gasteiger charge is 2.28. The van der Waals surface area contributed by atoms with E-state index in [-0.39, 0.29) is 11.9 Å². The molecule has 1 aliphatic heterocycles. The molecule has 1 N–H and O–H groups in total. The number of nitrogens with one attached hydrogen (secondary N) is 1. The van der Waals surface area contributed by atoms with Gasteiger partial charge in [-0.2, -0.15) is 5.10 Å². The third kappa shape index (κ3) is 4.17. The van der Waals surface area contributed by atoms with Crippen molar-refractivity contribution in [1.29, 1.82) is 0 Å². The Hall–Kier alpha value is -4.26. The molecule has 0 atom stereocenters. The lowest BCUT2D eigenvalue weighted by Gasteiger charge is -2.33. The van der Waals surface area contributed by atoms with Gasteiger partial charge in [-0.1, -0.05) is 54.6 Å². The number of fused-ring (bicyclic) bond motifs is 1. The van der Waals surface area contributed by atoms with Gasteiger partial charge in [0.05, 0.1) is 5.69 Å². The Bertz CT molecular complexity index is 1510. The number of piperidine rings is 1. The van der Waals surface area contributed by atoms with E-state index in [0.29, 0.717) is 18.8 Å². The molecule has 0 saturated carbocycles. The van der Waals surface area contributed by atoms with E-state index in [9.17, 15) is 4.79 Å². The molecule has 1 aliphatic rings. The lowest BCUT2D eigenvalue weighted by Crippen LogP contribution is -2.39. The van der Waals surface area contributed by atoms with E-state index in [0.717, 1.165) is 47.5 Å². The van der Waals surface area contributed by atoms with Crippen LogP contribution in [-0.4, -0.2) is 48.6 Å². The molecule has 1 fully saturated rings. The van der Waals surface area contributed by atoms with E-state index in [2.05, 4.69) is 50.9 Å². The molecular formula is C29H28N6O. The van der Waals surface area contributed by atoms with E-state index in [4.69, 9.17) is 4.98 Å². The van der Waals surface area contributed by atoms with E-state index >= 15 is 0 Å². The van der Waals surface area contributed by atoms with Crippen molar-refractivity contribution >= 4 is 17.1 Å². The Balaban J connectivity index is 1.21. The highest BCUT2D eigenvalue weighted by Crippen LogP contribution is 2.30. The molecule has 0 radical (unpaired) electrons. The number of aryl methyl sites for hydroxylation is 1. The van der Waals surface area contributed by atoms with Gasteiger partial charge in [0.25, 0.3) is 5.91 Å². The van der Waals surface area contributed by atoms with Crippen LogP contribution < -0.4 is 0 Å². The van der Waals surface area contributed by atoms with E-state index in [1.54, 1.807) is 0 Å². The molecule has 0 unspecified atom stereocenters. The first-order valence-corrected chi connectivity index (χ1v) is 12.4. The summed E-state index contributed by atoms with van der Waals surface area (Å²) < 4.78 is 2.31. The minimum absolute atomic E-state index is 0.00289. The van der Waals surface area contributed by atoms with Crippen LogP contribution in [0, 0.1) is 6.92 Å². The summed E-state index contributed by atoms with van der Waals surface area (Å²) in [6, 6.07) is 24.4. The fourth-order valence-electron chi connectivity index (χ4n) is 5.15. The zero-order valence-electron chi connectivity index (χ0n) is 20.3. The van der Waals surface area contributed by atoms with Crippen LogP contribution in [0.4, 0.5) is 0 Å². The molecule has 0 aliphatic carbocycles. The maximum absolute atomic E-state index is 13.2. The smallest absolute Gasteiger partial charge is 0.271 e. The highest BCUT2D eigenvalue weighted by molar-refractivity contribution is 5.93. The van der Waals surface area contributed by atoms with Crippen molar-refractivity contribution in [3.8, 4) is 11.3 Å². The number of likely N-dealkylation sites (tertiary alicyclic amines) is 1. The molecule has 2 aromatic carbocycles. The van der Waals surface area contributed by atoms with E-state index < -0.39 is 0 Å². The van der Waals surface area contributed by atoms with Gasteiger partial charge in [-0.3, -0.25) is 9.89 Å². The molecule has 5 aromatic rings. The number of hydrogen-bond acceptors (Lipinski definition) is 4. The van der Waals surface area contributed by atoms with Crippen molar-refractivity contribution in [2.24, 2.45) is 0 Å². The molecular weight excluding hydrogens is 448 g/mol. The summed E-state index contributed by atoms with van der Waals surface area (Å²) >= 11 is 0. The molecule has 7 heteroatoms. The van der Waals surface area contributed by atoms with Crippen molar-refractivity contribution in [3.63, 3.8) is 0 Å². The summed E-state index contributed by atoms with van der Waals surface area (Å²) in [6.45, 7) is 3.50. The van der Waals surface area contributed by atoms with Crippen LogP contribution in [0.25, 0.3) is 22.4 Å². The first kappa shape index (κ1) is 22.2. The third-order valence-corrected chi connectivity index (χ3v) is 7.13. The van der Waals surface area contributed by atoms with Crippen LogP contribution in [0.15, 0.2) is 79.0 Å².